The van der Waals surface area contributed by atoms with Crippen molar-refractivity contribution in [3.05, 3.63) is 6.33 Å². The lowest BCUT2D eigenvalue weighted by molar-refractivity contribution is -0.140. The van der Waals surface area contributed by atoms with Crippen molar-refractivity contribution in [1.82, 2.24) is 14.8 Å². The van der Waals surface area contributed by atoms with Crippen molar-refractivity contribution < 1.29 is 14.7 Å². The lowest BCUT2D eigenvalue weighted by Crippen LogP contribution is -2.35. The van der Waals surface area contributed by atoms with Crippen LogP contribution in [0.25, 0.3) is 0 Å². The molecule has 0 saturated carbocycles. The van der Waals surface area contributed by atoms with Gasteiger partial charge in [-0.3, -0.25) is 14.9 Å². The van der Waals surface area contributed by atoms with Gasteiger partial charge in [0.25, 0.3) is 0 Å². The van der Waals surface area contributed by atoms with Crippen LogP contribution in [-0.2, 0) is 16.1 Å². The summed E-state index contributed by atoms with van der Waals surface area (Å²) in [6.07, 6.45) is 1.13. The molecule has 2 rings (SSSR count). The van der Waals surface area contributed by atoms with Gasteiger partial charge in [0.15, 0.2) is 0 Å². The number of carboxylic acids is 1. The van der Waals surface area contributed by atoms with E-state index in [1.165, 1.54) is 11.0 Å². The van der Waals surface area contributed by atoms with E-state index in [4.69, 9.17) is 5.11 Å². The summed E-state index contributed by atoms with van der Waals surface area (Å²) >= 11 is 0. The molecule has 1 aliphatic heterocycles. The first-order valence-electron chi connectivity index (χ1n) is 4.07. The lowest BCUT2D eigenvalue weighted by atomic mass is 10.0. The van der Waals surface area contributed by atoms with Gasteiger partial charge in [-0.15, -0.1) is 0 Å². The number of carboxylic acid groups (broad SMARTS) is 1. The maximum absolute atomic E-state index is 11.3. The average molecular weight is 196 g/mol. The van der Waals surface area contributed by atoms with Gasteiger partial charge in [0, 0.05) is 0 Å². The zero-order valence-corrected chi connectivity index (χ0v) is 7.17. The van der Waals surface area contributed by atoms with Gasteiger partial charge in [0.05, 0.1) is 18.9 Å². The van der Waals surface area contributed by atoms with Crippen molar-refractivity contribution in [3.8, 4) is 0 Å². The predicted molar refractivity (Wildman–Crippen MR) is 44.4 cm³/mol. The van der Waals surface area contributed by atoms with E-state index < -0.39 is 11.9 Å². The Balaban J connectivity index is 2.17. The second kappa shape index (κ2) is 3.09. The summed E-state index contributed by atoms with van der Waals surface area (Å²) in [6, 6.07) is 0. The number of nitrogens with zero attached hydrogens (tertiary/aromatic N) is 3. The Bertz CT molecular complexity index is 386. The van der Waals surface area contributed by atoms with Gasteiger partial charge in [-0.1, -0.05) is 0 Å². The number of amides is 1. The predicted octanol–water partition coefficient (Wildman–Crippen LogP) is -0.679. The second-order valence-corrected chi connectivity index (χ2v) is 3.05. The fraction of sp³-hybridized carbons (Fsp3) is 0.429. The number of anilines is 1. The zero-order chi connectivity index (χ0) is 10.1. The van der Waals surface area contributed by atoms with Crippen molar-refractivity contribution >= 4 is 17.8 Å². The number of aliphatic carboxylic acids is 1. The Labute approximate surface area is 78.7 Å². The van der Waals surface area contributed by atoms with Gasteiger partial charge < -0.3 is 5.11 Å². The van der Waals surface area contributed by atoms with E-state index in [0.29, 0.717) is 5.95 Å². The highest BCUT2D eigenvalue weighted by Gasteiger charge is 2.28. The second-order valence-electron chi connectivity index (χ2n) is 3.05. The van der Waals surface area contributed by atoms with Crippen LogP contribution < -0.4 is 5.32 Å². The smallest absolute Gasteiger partial charge is 0.304 e. The molecule has 0 spiro atoms. The molecule has 0 aromatic carbocycles. The highest BCUT2D eigenvalue weighted by Crippen LogP contribution is 2.17. The minimum atomic E-state index is -0.992. The van der Waals surface area contributed by atoms with E-state index in [-0.39, 0.29) is 18.9 Å². The van der Waals surface area contributed by atoms with Gasteiger partial charge in [0.1, 0.15) is 6.33 Å². The molecule has 0 aliphatic carbocycles. The quantitative estimate of drug-likeness (QED) is 0.653. The van der Waals surface area contributed by atoms with Gasteiger partial charge in [-0.05, 0) is 0 Å². The third-order valence-electron chi connectivity index (χ3n) is 2.04. The van der Waals surface area contributed by atoms with Gasteiger partial charge in [-0.25, -0.2) is 4.68 Å². The summed E-state index contributed by atoms with van der Waals surface area (Å²) in [4.78, 5) is 25.6. The standard InChI is InChI=1S/C7H8N4O3/c12-5(13)1-4-2-11-7(8-3-9-11)10-6(4)14/h3-4H,1-2H2,(H,12,13)(H,8,9,10,14)/t4-/m1/s1. The number of carbonyl (C=O) groups is 2. The molecule has 1 aliphatic rings. The molecule has 0 bridgehead atoms. The van der Waals surface area contributed by atoms with Crippen molar-refractivity contribution in [2.45, 2.75) is 13.0 Å². The van der Waals surface area contributed by atoms with E-state index >= 15 is 0 Å². The highest BCUT2D eigenvalue weighted by atomic mass is 16.4. The Morgan fingerprint density at radius 3 is 3.29 bits per heavy atom. The molecular weight excluding hydrogens is 188 g/mol. The van der Waals surface area contributed by atoms with Crippen LogP contribution in [0.15, 0.2) is 6.33 Å². The molecule has 0 unspecified atom stereocenters. The van der Waals surface area contributed by atoms with Crippen LogP contribution in [0, 0.1) is 5.92 Å². The molecule has 7 heteroatoms. The van der Waals surface area contributed by atoms with E-state index in [1.54, 1.807) is 0 Å². The van der Waals surface area contributed by atoms with Crippen molar-refractivity contribution in [3.63, 3.8) is 0 Å². The van der Waals surface area contributed by atoms with Gasteiger partial charge in [0.2, 0.25) is 11.9 Å². The number of carbonyl (C=O) groups excluding carboxylic acids is 1. The lowest BCUT2D eigenvalue weighted by Gasteiger charge is -2.20. The van der Waals surface area contributed by atoms with Crippen molar-refractivity contribution in [1.29, 1.82) is 0 Å². The van der Waals surface area contributed by atoms with Gasteiger partial charge in [-0.2, -0.15) is 10.1 Å². The molecule has 7 nitrogen and oxygen atoms in total. The SMILES string of the molecule is O=C(O)C[C@@H]1Cn2ncnc2NC1=O. The summed E-state index contributed by atoms with van der Waals surface area (Å²) < 4.78 is 1.48. The molecule has 1 amide bonds. The molecule has 14 heavy (non-hydrogen) atoms. The van der Waals surface area contributed by atoms with Crippen LogP contribution in [-0.4, -0.2) is 31.7 Å². The monoisotopic (exact) mass is 196 g/mol. The van der Waals surface area contributed by atoms with Crippen LogP contribution in [0.4, 0.5) is 5.95 Å². The number of hydrogen-bond acceptors (Lipinski definition) is 4. The molecule has 1 aromatic rings. The summed E-state index contributed by atoms with van der Waals surface area (Å²) in [5.74, 6) is -1.50. The molecule has 0 radical (unpaired) electrons. The molecule has 0 fully saturated rings. The molecule has 2 heterocycles. The number of aromatic nitrogens is 3. The summed E-state index contributed by atoms with van der Waals surface area (Å²) in [6.45, 7) is 0.271. The Morgan fingerprint density at radius 1 is 1.79 bits per heavy atom. The van der Waals surface area contributed by atoms with E-state index in [0.717, 1.165) is 0 Å². The number of hydrogen-bond donors (Lipinski definition) is 2. The van der Waals surface area contributed by atoms with Crippen LogP contribution in [0.3, 0.4) is 0 Å². The number of fused-ring (bicyclic) bond motifs is 1. The summed E-state index contributed by atoms with van der Waals surface area (Å²) in [7, 11) is 0. The zero-order valence-electron chi connectivity index (χ0n) is 7.17. The summed E-state index contributed by atoms with van der Waals surface area (Å²) in [5.41, 5.74) is 0. The van der Waals surface area contributed by atoms with Crippen molar-refractivity contribution in [2.75, 3.05) is 5.32 Å². The number of nitrogens with one attached hydrogen (secondary N) is 1. The Morgan fingerprint density at radius 2 is 2.57 bits per heavy atom. The minimum Gasteiger partial charge on any atom is -0.481 e. The molecule has 1 atom stereocenters. The van der Waals surface area contributed by atoms with E-state index in [1.807, 2.05) is 0 Å². The molecule has 0 saturated heterocycles. The highest BCUT2D eigenvalue weighted by molar-refractivity contribution is 5.94. The topological polar surface area (TPSA) is 97.1 Å². The molecule has 1 aromatic heterocycles. The third kappa shape index (κ3) is 1.43. The van der Waals surface area contributed by atoms with Crippen LogP contribution >= 0.6 is 0 Å². The molecule has 2 N–H and O–H groups in total. The first-order valence-corrected chi connectivity index (χ1v) is 4.07. The molecule has 74 valence electrons. The van der Waals surface area contributed by atoms with Crippen LogP contribution in [0.2, 0.25) is 0 Å². The van der Waals surface area contributed by atoms with Crippen molar-refractivity contribution in [2.24, 2.45) is 5.92 Å². The van der Waals surface area contributed by atoms with E-state index in [2.05, 4.69) is 15.4 Å². The van der Waals surface area contributed by atoms with Crippen LogP contribution in [0.1, 0.15) is 6.42 Å². The largest absolute Gasteiger partial charge is 0.481 e. The Kier molecular flexibility index (Phi) is 1.91. The maximum Gasteiger partial charge on any atom is 0.304 e. The van der Waals surface area contributed by atoms with Gasteiger partial charge >= 0.3 is 5.97 Å². The Hall–Kier alpha value is -1.92. The first-order chi connectivity index (χ1) is 6.66. The number of rotatable bonds is 2. The average Bonchev–Trinajstić information content (AvgIpc) is 2.51. The fourth-order valence-corrected chi connectivity index (χ4v) is 1.37. The van der Waals surface area contributed by atoms with Crippen LogP contribution in [0.5, 0.6) is 0 Å². The third-order valence-corrected chi connectivity index (χ3v) is 2.04. The maximum atomic E-state index is 11.3. The molecular formula is C7H8N4O3. The fourth-order valence-electron chi connectivity index (χ4n) is 1.37. The first kappa shape index (κ1) is 8.67. The minimum absolute atomic E-state index is 0.189. The van der Waals surface area contributed by atoms with E-state index in [9.17, 15) is 9.59 Å². The summed E-state index contributed by atoms with van der Waals surface area (Å²) in [5, 5.41) is 14.9. The normalized spacial score (nSPS) is 20.0.